The first-order valence-corrected chi connectivity index (χ1v) is 7.40. The zero-order valence-electron chi connectivity index (χ0n) is 10.8. The van der Waals surface area contributed by atoms with Gasteiger partial charge in [-0.2, -0.15) is 0 Å². The number of aromatic nitrogens is 1. The molecule has 0 radical (unpaired) electrons. The fourth-order valence-corrected chi connectivity index (χ4v) is 3.08. The molecule has 0 spiro atoms. The number of nitrogens with one attached hydrogen (secondary N) is 1. The van der Waals surface area contributed by atoms with Gasteiger partial charge in [-0.25, -0.2) is 0 Å². The number of nitrogens with zero attached hydrogens (tertiary/aromatic N) is 1. The molecule has 1 N–H and O–H groups in total. The van der Waals surface area contributed by atoms with Crippen molar-refractivity contribution in [2.45, 2.75) is 39.3 Å². The highest BCUT2D eigenvalue weighted by molar-refractivity contribution is 7.17. The predicted octanol–water partition coefficient (Wildman–Crippen LogP) is 3.25. The SMILES string of the molecule is CC(C)NC(=O)c1cc2sccc2n1CC1CC1. The third-order valence-electron chi connectivity index (χ3n) is 3.31. The van der Waals surface area contributed by atoms with E-state index in [4.69, 9.17) is 0 Å². The number of carbonyl (C=O) groups excluding carboxylic acids is 1. The molecule has 96 valence electrons. The van der Waals surface area contributed by atoms with Gasteiger partial charge in [0.15, 0.2) is 0 Å². The molecule has 4 heteroatoms. The summed E-state index contributed by atoms with van der Waals surface area (Å²) in [7, 11) is 0. The summed E-state index contributed by atoms with van der Waals surface area (Å²) < 4.78 is 3.41. The highest BCUT2D eigenvalue weighted by Gasteiger charge is 2.25. The van der Waals surface area contributed by atoms with E-state index in [1.165, 1.54) is 23.1 Å². The quantitative estimate of drug-likeness (QED) is 0.901. The van der Waals surface area contributed by atoms with E-state index in [9.17, 15) is 4.79 Å². The average molecular weight is 262 g/mol. The Morgan fingerprint density at radius 1 is 1.56 bits per heavy atom. The highest BCUT2D eigenvalue weighted by atomic mass is 32.1. The molecule has 0 aromatic carbocycles. The molecular weight excluding hydrogens is 244 g/mol. The van der Waals surface area contributed by atoms with Gasteiger partial charge in [0.25, 0.3) is 5.91 Å². The van der Waals surface area contributed by atoms with Crippen molar-refractivity contribution in [2.75, 3.05) is 0 Å². The van der Waals surface area contributed by atoms with Gasteiger partial charge >= 0.3 is 0 Å². The van der Waals surface area contributed by atoms with Crippen LogP contribution < -0.4 is 5.32 Å². The number of hydrogen-bond acceptors (Lipinski definition) is 2. The molecule has 1 fully saturated rings. The Balaban J connectivity index is 1.97. The summed E-state index contributed by atoms with van der Waals surface area (Å²) in [6.45, 7) is 4.98. The first kappa shape index (κ1) is 11.8. The Morgan fingerprint density at radius 2 is 2.33 bits per heavy atom. The standard InChI is InChI=1S/C14H18N2OS/c1-9(2)15-14(17)12-7-13-11(5-6-18-13)16(12)8-10-3-4-10/h5-7,9-10H,3-4,8H2,1-2H3,(H,15,17). The Bertz CT molecular complexity index is 578. The van der Waals surface area contributed by atoms with Crippen molar-refractivity contribution < 1.29 is 4.79 Å². The van der Waals surface area contributed by atoms with Crippen LogP contribution in [0.4, 0.5) is 0 Å². The maximum Gasteiger partial charge on any atom is 0.268 e. The van der Waals surface area contributed by atoms with Gasteiger partial charge in [-0.15, -0.1) is 11.3 Å². The van der Waals surface area contributed by atoms with E-state index in [-0.39, 0.29) is 11.9 Å². The largest absolute Gasteiger partial charge is 0.349 e. The van der Waals surface area contributed by atoms with Gasteiger partial charge in [-0.1, -0.05) is 0 Å². The van der Waals surface area contributed by atoms with Crippen molar-refractivity contribution in [1.29, 1.82) is 0 Å². The molecule has 2 aromatic heterocycles. The van der Waals surface area contributed by atoms with Gasteiger partial charge in [0.2, 0.25) is 0 Å². The van der Waals surface area contributed by atoms with Gasteiger partial charge < -0.3 is 9.88 Å². The van der Waals surface area contributed by atoms with Crippen molar-refractivity contribution in [2.24, 2.45) is 5.92 Å². The molecule has 2 heterocycles. The van der Waals surface area contributed by atoms with E-state index in [0.29, 0.717) is 0 Å². The van der Waals surface area contributed by atoms with Crippen molar-refractivity contribution in [3.05, 3.63) is 23.2 Å². The number of amides is 1. The molecule has 0 saturated heterocycles. The maximum atomic E-state index is 12.2. The molecule has 1 saturated carbocycles. The van der Waals surface area contributed by atoms with Crippen LogP contribution in [0.5, 0.6) is 0 Å². The van der Waals surface area contributed by atoms with Crippen molar-refractivity contribution in [1.82, 2.24) is 9.88 Å². The molecule has 3 nitrogen and oxygen atoms in total. The molecule has 0 aliphatic heterocycles. The lowest BCUT2D eigenvalue weighted by Gasteiger charge is -2.12. The van der Waals surface area contributed by atoms with E-state index in [1.54, 1.807) is 11.3 Å². The van der Waals surface area contributed by atoms with E-state index < -0.39 is 0 Å². The predicted molar refractivity (Wildman–Crippen MR) is 75.1 cm³/mol. The van der Waals surface area contributed by atoms with Crippen LogP contribution in [0, 0.1) is 5.92 Å². The van der Waals surface area contributed by atoms with E-state index in [0.717, 1.165) is 18.2 Å². The first-order valence-electron chi connectivity index (χ1n) is 6.52. The lowest BCUT2D eigenvalue weighted by atomic mass is 10.3. The van der Waals surface area contributed by atoms with Gasteiger partial charge in [-0.3, -0.25) is 4.79 Å². The average Bonchev–Trinajstić information content (AvgIpc) is 2.87. The Labute approximate surface area is 111 Å². The number of rotatable bonds is 4. The minimum Gasteiger partial charge on any atom is -0.349 e. The third-order valence-corrected chi connectivity index (χ3v) is 4.17. The zero-order chi connectivity index (χ0) is 12.7. The molecule has 0 bridgehead atoms. The Hall–Kier alpha value is -1.29. The molecule has 2 aromatic rings. The Morgan fingerprint density at radius 3 is 3.00 bits per heavy atom. The lowest BCUT2D eigenvalue weighted by Crippen LogP contribution is -2.31. The highest BCUT2D eigenvalue weighted by Crippen LogP contribution is 2.34. The summed E-state index contributed by atoms with van der Waals surface area (Å²) in [4.78, 5) is 12.2. The topological polar surface area (TPSA) is 34.0 Å². The third kappa shape index (κ3) is 2.17. The monoisotopic (exact) mass is 262 g/mol. The molecule has 3 rings (SSSR count). The molecule has 0 atom stereocenters. The van der Waals surface area contributed by atoms with Crippen LogP contribution in [0.2, 0.25) is 0 Å². The van der Waals surface area contributed by atoms with Crippen LogP contribution in [-0.4, -0.2) is 16.5 Å². The second-order valence-electron chi connectivity index (χ2n) is 5.38. The van der Waals surface area contributed by atoms with E-state index in [1.807, 2.05) is 19.9 Å². The van der Waals surface area contributed by atoms with Crippen LogP contribution in [0.3, 0.4) is 0 Å². The second-order valence-corrected chi connectivity index (χ2v) is 6.33. The van der Waals surface area contributed by atoms with Gasteiger partial charge in [0.05, 0.1) is 10.2 Å². The van der Waals surface area contributed by atoms with Gasteiger partial charge in [0, 0.05) is 12.6 Å². The smallest absolute Gasteiger partial charge is 0.268 e. The number of carbonyl (C=O) groups is 1. The van der Waals surface area contributed by atoms with Crippen LogP contribution in [0.15, 0.2) is 17.5 Å². The summed E-state index contributed by atoms with van der Waals surface area (Å²) in [5.74, 6) is 0.820. The minimum absolute atomic E-state index is 0.0500. The van der Waals surface area contributed by atoms with Gasteiger partial charge in [0.1, 0.15) is 5.69 Å². The van der Waals surface area contributed by atoms with Gasteiger partial charge in [-0.05, 0) is 50.1 Å². The number of fused-ring (bicyclic) bond motifs is 1. The van der Waals surface area contributed by atoms with Crippen LogP contribution in [-0.2, 0) is 6.54 Å². The van der Waals surface area contributed by atoms with Crippen molar-refractivity contribution >= 4 is 27.5 Å². The van der Waals surface area contributed by atoms with Crippen molar-refractivity contribution in [3.8, 4) is 0 Å². The van der Waals surface area contributed by atoms with Crippen molar-refractivity contribution in [3.63, 3.8) is 0 Å². The van der Waals surface area contributed by atoms with Crippen LogP contribution >= 0.6 is 11.3 Å². The molecule has 1 amide bonds. The molecule has 0 unspecified atom stereocenters. The van der Waals surface area contributed by atoms with E-state index >= 15 is 0 Å². The van der Waals surface area contributed by atoms with E-state index in [2.05, 4.69) is 21.3 Å². The zero-order valence-corrected chi connectivity index (χ0v) is 11.6. The first-order chi connectivity index (χ1) is 8.65. The summed E-state index contributed by atoms with van der Waals surface area (Å²) in [6.07, 6.45) is 2.60. The summed E-state index contributed by atoms with van der Waals surface area (Å²) in [5, 5.41) is 5.08. The number of thiophene rings is 1. The number of hydrogen-bond donors (Lipinski definition) is 1. The summed E-state index contributed by atoms with van der Waals surface area (Å²) >= 11 is 1.71. The maximum absolute atomic E-state index is 12.2. The van der Waals surface area contributed by atoms with Crippen LogP contribution in [0.25, 0.3) is 10.2 Å². The Kier molecular flexibility index (Phi) is 2.90. The molecular formula is C14H18N2OS. The molecule has 18 heavy (non-hydrogen) atoms. The fraction of sp³-hybridized carbons (Fsp3) is 0.500. The lowest BCUT2D eigenvalue weighted by molar-refractivity contribution is 0.0934. The fourth-order valence-electron chi connectivity index (χ4n) is 2.26. The second kappa shape index (κ2) is 4.43. The summed E-state index contributed by atoms with van der Waals surface area (Å²) in [5.41, 5.74) is 2.03. The summed E-state index contributed by atoms with van der Waals surface area (Å²) in [6, 6.07) is 4.33. The normalized spacial score (nSPS) is 15.5. The minimum atomic E-state index is 0.0500. The molecule has 1 aliphatic carbocycles. The van der Waals surface area contributed by atoms with Crippen LogP contribution in [0.1, 0.15) is 37.2 Å². The molecule has 1 aliphatic rings.